The van der Waals surface area contributed by atoms with Crippen LogP contribution < -0.4 is 0 Å². The second-order valence-corrected chi connectivity index (χ2v) is 13.7. The number of rotatable bonds is 4. The highest BCUT2D eigenvalue weighted by Gasteiger charge is 2.21. The van der Waals surface area contributed by atoms with Gasteiger partial charge in [0.25, 0.3) is 0 Å². The fourth-order valence-electron chi connectivity index (χ4n) is 8.58. The molecule has 0 saturated heterocycles. The monoisotopic (exact) mass is 630 g/mol. The van der Waals surface area contributed by atoms with Crippen molar-refractivity contribution in [2.45, 2.75) is 0 Å². The molecule has 10 aromatic carbocycles. The van der Waals surface area contributed by atoms with Crippen molar-refractivity contribution in [3.8, 4) is 66.8 Å². The second-order valence-electron chi connectivity index (χ2n) is 13.7. The van der Waals surface area contributed by atoms with Crippen LogP contribution in [0.15, 0.2) is 182 Å². The molecule has 0 N–H and O–H groups in total. The van der Waals surface area contributed by atoms with E-state index in [9.17, 15) is 0 Å². The van der Waals surface area contributed by atoms with E-state index in [4.69, 9.17) is 0 Å². The molecule has 0 spiro atoms. The highest BCUT2D eigenvalue weighted by Crippen LogP contribution is 2.48. The van der Waals surface area contributed by atoms with Crippen LogP contribution in [0.5, 0.6) is 0 Å². The van der Waals surface area contributed by atoms with Crippen LogP contribution in [0.4, 0.5) is 0 Å². The average Bonchev–Trinajstić information content (AvgIpc) is 3.51. The Hall–Kier alpha value is -6.50. The van der Waals surface area contributed by atoms with Gasteiger partial charge in [-0.2, -0.15) is 0 Å². The number of hydrogen-bond acceptors (Lipinski definition) is 0. The fraction of sp³-hybridized carbons (Fsp3) is 0. The van der Waals surface area contributed by atoms with Crippen LogP contribution in [-0.4, -0.2) is 0 Å². The zero-order valence-corrected chi connectivity index (χ0v) is 27.3. The summed E-state index contributed by atoms with van der Waals surface area (Å²) in [5.41, 5.74) is 15.2. The van der Waals surface area contributed by atoms with E-state index in [0.29, 0.717) is 0 Å². The Morgan fingerprint density at radius 1 is 0.200 bits per heavy atom. The van der Waals surface area contributed by atoms with E-state index in [2.05, 4.69) is 182 Å². The molecule has 10 aromatic rings. The van der Waals surface area contributed by atoms with Gasteiger partial charge < -0.3 is 0 Å². The van der Waals surface area contributed by atoms with E-state index in [-0.39, 0.29) is 0 Å². The smallest absolute Gasteiger partial charge is 0.00206 e. The Kier molecular flexibility index (Phi) is 5.76. The summed E-state index contributed by atoms with van der Waals surface area (Å²) in [7, 11) is 0. The molecule has 0 nitrogen and oxygen atoms in total. The molecule has 0 aliphatic heterocycles. The lowest BCUT2D eigenvalue weighted by molar-refractivity contribution is 1.57. The maximum absolute atomic E-state index is 2.38. The second kappa shape index (κ2) is 10.5. The van der Waals surface area contributed by atoms with E-state index in [1.165, 1.54) is 110 Å². The van der Waals surface area contributed by atoms with Crippen LogP contribution >= 0.6 is 0 Å². The molecule has 0 heterocycles. The van der Waals surface area contributed by atoms with Gasteiger partial charge in [-0.1, -0.05) is 158 Å². The standard InChI is InChI=1S/C50H30/c1-7-32-19-20-34-21-24-42(46-26-22-33(8-1)48(32)50(34)46)41-16-4-15-39(29-41)37-13-2-11-35(27-37)36-12-3-14-38(28-36)40-23-25-43-44-17-5-9-31-10-6-18-45(49(31)44)47(43)30-40/h1-30H. The van der Waals surface area contributed by atoms with Gasteiger partial charge in [0.05, 0.1) is 0 Å². The zero-order chi connectivity index (χ0) is 32.8. The molecule has 1 aliphatic rings. The molecular weight excluding hydrogens is 601 g/mol. The summed E-state index contributed by atoms with van der Waals surface area (Å²) in [6.07, 6.45) is 0. The predicted octanol–water partition coefficient (Wildman–Crippen LogP) is 14.1. The van der Waals surface area contributed by atoms with E-state index in [0.717, 1.165) is 0 Å². The topological polar surface area (TPSA) is 0 Å². The number of hydrogen-bond donors (Lipinski definition) is 0. The van der Waals surface area contributed by atoms with Crippen LogP contribution in [0.1, 0.15) is 0 Å². The van der Waals surface area contributed by atoms with Gasteiger partial charge >= 0.3 is 0 Å². The Morgan fingerprint density at radius 3 is 1.26 bits per heavy atom. The summed E-state index contributed by atoms with van der Waals surface area (Å²) in [4.78, 5) is 0. The molecular formula is C50H30. The minimum absolute atomic E-state index is 1.22. The predicted molar refractivity (Wildman–Crippen MR) is 214 cm³/mol. The fourth-order valence-corrected chi connectivity index (χ4v) is 8.58. The Balaban J connectivity index is 0.965. The molecule has 0 heteroatoms. The first-order chi connectivity index (χ1) is 24.8. The number of fused-ring (bicyclic) bond motifs is 3. The molecule has 0 amide bonds. The normalized spacial score (nSPS) is 12.0. The van der Waals surface area contributed by atoms with Gasteiger partial charge in [-0.25, -0.2) is 0 Å². The van der Waals surface area contributed by atoms with Gasteiger partial charge in [-0.15, -0.1) is 0 Å². The van der Waals surface area contributed by atoms with Gasteiger partial charge in [0, 0.05) is 0 Å². The molecule has 11 rings (SSSR count). The Labute approximate surface area is 290 Å². The van der Waals surface area contributed by atoms with E-state index in [1.54, 1.807) is 0 Å². The van der Waals surface area contributed by atoms with Gasteiger partial charge in [-0.05, 0) is 134 Å². The highest BCUT2D eigenvalue weighted by atomic mass is 14.2. The largest absolute Gasteiger partial charge is 0.0610 e. The van der Waals surface area contributed by atoms with Crippen LogP contribution in [0.2, 0.25) is 0 Å². The molecule has 0 radical (unpaired) electrons. The first-order valence-electron chi connectivity index (χ1n) is 17.4. The van der Waals surface area contributed by atoms with Crippen molar-refractivity contribution in [3.63, 3.8) is 0 Å². The number of benzene rings is 10. The van der Waals surface area contributed by atoms with Crippen molar-refractivity contribution in [2.75, 3.05) is 0 Å². The summed E-state index contributed by atoms with van der Waals surface area (Å²) in [5, 5.41) is 10.6. The van der Waals surface area contributed by atoms with Crippen molar-refractivity contribution in [3.05, 3.63) is 182 Å². The lowest BCUT2D eigenvalue weighted by Gasteiger charge is -2.15. The van der Waals surface area contributed by atoms with Crippen molar-refractivity contribution in [2.24, 2.45) is 0 Å². The van der Waals surface area contributed by atoms with E-state index >= 15 is 0 Å². The third-order valence-corrected chi connectivity index (χ3v) is 10.9. The third kappa shape index (κ3) is 4.06. The van der Waals surface area contributed by atoms with Gasteiger partial charge in [0.15, 0.2) is 0 Å². The van der Waals surface area contributed by atoms with Gasteiger partial charge in [0.2, 0.25) is 0 Å². The zero-order valence-electron chi connectivity index (χ0n) is 27.3. The molecule has 0 aromatic heterocycles. The molecule has 0 atom stereocenters. The van der Waals surface area contributed by atoms with E-state index < -0.39 is 0 Å². The maximum atomic E-state index is 2.38. The van der Waals surface area contributed by atoms with Crippen LogP contribution in [-0.2, 0) is 0 Å². The quantitative estimate of drug-likeness (QED) is 0.170. The minimum Gasteiger partial charge on any atom is -0.0610 e. The third-order valence-electron chi connectivity index (χ3n) is 10.9. The summed E-state index contributed by atoms with van der Waals surface area (Å²) in [6.45, 7) is 0. The van der Waals surface area contributed by atoms with Crippen LogP contribution in [0, 0.1) is 0 Å². The highest BCUT2D eigenvalue weighted by molar-refractivity contribution is 6.25. The van der Waals surface area contributed by atoms with Crippen LogP contribution in [0.25, 0.3) is 110 Å². The Bertz CT molecular complexity index is 2960. The van der Waals surface area contributed by atoms with E-state index in [1.807, 2.05) is 0 Å². The SMILES string of the molecule is c1cc(-c2cccc(-c3ccc4c(c3)-c3cccc5cccc-4c35)c2)cc(-c2cccc(-c3ccc4ccc5cccc6ccc3c4c56)c2)c1. The molecule has 0 fully saturated rings. The van der Waals surface area contributed by atoms with Crippen molar-refractivity contribution in [1.82, 2.24) is 0 Å². The van der Waals surface area contributed by atoms with Crippen LogP contribution in [0.3, 0.4) is 0 Å². The lowest BCUT2D eigenvalue weighted by atomic mass is 9.89. The molecule has 0 unspecified atom stereocenters. The molecule has 230 valence electrons. The van der Waals surface area contributed by atoms with Crippen molar-refractivity contribution < 1.29 is 0 Å². The van der Waals surface area contributed by atoms with Gasteiger partial charge in [0.1, 0.15) is 0 Å². The molecule has 0 bridgehead atoms. The average molecular weight is 631 g/mol. The van der Waals surface area contributed by atoms with Crippen molar-refractivity contribution >= 4 is 43.1 Å². The molecule has 50 heavy (non-hydrogen) atoms. The van der Waals surface area contributed by atoms with Crippen molar-refractivity contribution in [1.29, 1.82) is 0 Å². The molecule has 0 saturated carbocycles. The lowest BCUT2D eigenvalue weighted by Crippen LogP contribution is -1.88. The molecule has 1 aliphatic carbocycles. The first-order valence-corrected chi connectivity index (χ1v) is 17.4. The Morgan fingerprint density at radius 2 is 0.620 bits per heavy atom. The summed E-state index contributed by atoms with van der Waals surface area (Å²) in [6, 6.07) is 67.5. The van der Waals surface area contributed by atoms with Gasteiger partial charge in [-0.3, -0.25) is 0 Å². The minimum atomic E-state index is 1.22. The summed E-state index contributed by atoms with van der Waals surface area (Å²) < 4.78 is 0. The summed E-state index contributed by atoms with van der Waals surface area (Å²) >= 11 is 0. The summed E-state index contributed by atoms with van der Waals surface area (Å²) in [5.74, 6) is 0. The first kappa shape index (κ1) is 27.5. The maximum Gasteiger partial charge on any atom is -0.00206 e.